The molecular formula is C23H20N4. The van der Waals surface area contributed by atoms with Gasteiger partial charge in [0.25, 0.3) is 0 Å². The Balaban J connectivity index is 1.70. The molecule has 1 atom stereocenters. The number of aromatic amines is 1. The molecule has 4 aliphatic heterocycles. The van der Waals surface area contributed by atoms with Crippen molar-refractivity contribution in [3.63, 3.8) is 0 Å². The molecule has 2 N–H and O–H groups in total. The second-order valence-corrected chi connectivity index (χ2v) is 7.28. The summed E-state index contributed by atoms with van der Waals surface area (Å²) >= 11 is 0. The lowest BCUT2D eigenvalue weighted by Gasteiger charge is -2.23. The summed E-state index contributed by atoms with van der Waals surface area (Å²) in [6, 6.07) is 4.11. The lowest BCUT2D eigenvalue weighted by molar-refractivity contribution is 0.587. The van der Waals surface area contributed by atoms with Crippen molar-refractivity contribution in [3.05, 3.63) is 94.6 Å². The average Bonchev–Trinajstić information content (AvgIpc) is 3.40. The van der Waals surface area contributed by atoms with Gasteiger partial charge in [0, 0.05) is 22.8 Å². The molecule has 0 saturated heterocycles. The highest BCUT2D eigenvalue weighted by Crippen LogP contribution is 2.33. The highest BCUT2D eigenvalue weighted by Gasteiger charge is 2.32. The summed E-state index contributed by atoms with van der Waals surface area (Å²) in [7, 11) is 0. The van der Waals surface area contributed by atoms with Gasteiger partial charge < -0.3 is 10.3 Å². The van der Waals surface area contributed by atoms with Gasteiger partial charge in [0.2, 0.25) is 0 Å². The van der Waals surface area contributed by atoms with Crippen LogP contribution in [0.5, 0.6) is 0 Å². The van der Waals surface area contributed by atoms with Crippen molar-refractivity contribution in [2.75, 3.05) is 0 Å². The number of fused-ring (bicyclic) bond motifs is 6. The molecule has 27 heavy (non-hydrogen) atoms. The molecule has 5 rings (SSSR count). The van der Waals surface area contributed by atoms with Crippen LogP contribution in [0.15, 0.2) is 93.9 Å². The molecule has 0 spiro atoms. The quantitative estimate of drug-likeness (QED) is 0.750. The number of aliphatic imine (C=N–C) groups is 2. The molecule has 4 nitrogen and oxygen atoms in total. The van der Waals surface area contributed by atoms with Crippen LogP contribution in [-0.2, 0) is 0 Å². The van der Waals surface area contributed by atoms with Gasteiger partial charge in [-0.05, 0) is 73.2 Å². The van der Waals surface area contributed by atoms with E-state index < -0.39 is 0 Å². The van der Waals surface area contributed by atoms with Gasteiger partial charge in [-0.25, -0.2) is 9.98 Å². The van der Waals surface area contributed by atoms with Crippen molar-refractivity contribution in [1.29, 1.82) is 0 Å². The minimum atomic E-state index is -0.327. The fourth-order valence-corrected chi connectivity index (χ4v) is 3.80. The zero-order chi connectivity index (χ0) is 18.4. The Morgan fingerprint density at radius 2 is 1.63 bits per heavy atom. The van der Waals surface area contributed by atoms with Crippen LogP contribution < -0.4 is 16.0 Å². The zero-order valence-corrected chi connectivity index (χ0v) is 15.2. The van der Waals surface area contributed by atoms with Crippen molar-refractivity contribution in [3.8, 4) is 0 Å². The standard InChI is InChI=1S/C23H20N4/c1-3-23-13-15(2)22(27-23)12-20-7-6-18(25-20)10-16-4-5-17(24-16)11-19-8-9-21(14-23)26-19/h3-12,14,24,27H,1,13H2,2H3. The van der Waals surface area contributed by atoms with Crippen molar-refractivity contribution < 1.29 is 0 Å². The number of H-pyrrole nitrogens is 1. The first-order chi connectivity index (χ1) is 13.1. The predicted octanol–water partition coefficient (Wildman–Crippen LogP) is 2.57. The normalized spacial score (nSPS) is 25.2. The fraction of sp³-hybridized carbons (Fsp3) is 0.130. The first-order valence-electron chi connectivity index (χ1n) is 9.09. The summed E-state index contributed by atoms with van der Waals surface area (Å²) < 4.78 is 0. The maximum absolute atomic E-state index is 4.75. The third kappa shape index (κ3) is 2.89. The van der Waals surface area contributed by atoms with Gasteiger partial charge >= 0.3 is 0 Å². The van der Waals surface area contributed by atoms with Crippen molar-refractivity contribution >= 4 is 23.6 Å². The lowest BCUT2D eigenvalue weighted by atomic mass is 9.94. The second kappa shape index (κ2) is 5.81. The molecule has 132 valence electrons. The Labute approximate surface area is 157 Å². The van der Waals surface area contributed by atoms with E-state index >= 15 is 0 Å². The minimum absolute atomic E-state index is 0.327. The van der Waals surface area contributed by atoms with E-state index in [9.17, 15) is 0 Å². The van der Waals surface area contributed by atoms with Gasteiger partial charge in [-0.1, -0.05) is 6.08 Å². The maximum atomic E-state index is 4.75. The molecule has 1 unspecified atom stereocenters. The van der Waals surface area contributed by atoms with E-state index in [1.165, 1.54) is 5.57 Å². The van der Waals surface area contributed by atoms with Crippen LogP contribution in [0.2, 0.25) is 0 Å². The molecule has 0 aliphatic carbocycles. The molecule has 0 fully saturated rings. The summed E-state index contributed by atoms with van der Waals surface area (Å²) in [6.45, 7) is 6.22. The highest BCUT2D eigenvalue weighted by molar-refractivity contribution is 6.20. The van der Waals surface area contributed by atoms with Gasteiger partial charge in [-0.15, -0.1) is 6.58 Å². The van der Waals surface area contributed by atoms with E-state index in [0.717, 1.165) is 45.6 Å². The predicted molar refractivity (Wildman–Crippen MR) is 112 cm³/mol. The van der Waals surface area contributed by atoms with Crippen LogP contribution in [-0.4, -0.2) is 21.9 Å². The smallest absolute Gasteiger partial charge is 0.0799 e. The Kier molecular flexibility index (Phi) is 3.41. The van der Waals surface area contributed by atoms with E-state index in [1.807, 2.05) is 24.3 Å². The lowest BCUT2D eigenvalue weighted by Crippen LogP contribution is -2.36. The van der Waals surface area contributed by atoms with Crippen LogP contribution in [0.1, 0.15) is 13.3 Å². The molecule has 5 heterocycles. The van der Waals surface area contributed by atoms with E-state index in [4.69, 9.17) is 9.98 Å². The number of hydrogen-bond donors (Lipinski definition) is 2. The summed E-state index contributed by atoms with van der Waals surface area (Å²) in [5, 5.41) is 5.67. The Morgan fingerprint density at radius 1 is 0.963 bits per heavy atom. The summed E-state index contributed by atoms with van der Waals surface area (Å²) in [5.41, 5.74) is 5.83. The zero-order valence-electron chi connectivity index (χ0n) is 15.2. The topological polar surface area (TPSA) is 52.5 Å². The van der Waals surface area contributed by atoms with Crippen molar-refractivity contribution in [2.45, 2.75) is 18.9 Å². The van der Waals surface area contributed by atoms with E-state index in [2.05, 4.69) is 66.3 Å². The van der Waals surface area contributed by atoms with Gasteiger partial charge in [-0.2, -0.15) is 0 Å². The number of rotatable bonds is 1. The van der Waals surface area contributed by atoms with Crippen molar-refractivity contribution in [1.82, 2.24) is 10.3 Å². The molecule has 4 aliphatic rings. The van der Waals surface area contributed by atoms with E-state index in [1.54, 1.807) is 0 Å². The molecule has 0 amide bonds. The van der Waals surface area contributed by atoms with Gasteiger partial charge in [0.15, 0.2) is 0 Å². The third-order valence-electron chi connectivity index (χ3n) is 5.15. The number of hydrogen-bond acceptors (Lipinski definition) is 3. The Bertz CT molecular complexity index is 1190. The Hall–Kier alpha value is -3.40. The summed E-state index contributed by atoms with van der Waals surface area (Å²) in [5.74, 6) is 0. The number of nitrogens with zero attached hydrogens (tertiary/aromatic N) is 2. The first-order valence-corrected chi connectivity index (χ1v) is 9.09. The second-order valence-electron chi connectivity index (χ2n) is 7.28. The van der Waals surface area contributed by atoms with Crippen LogP contribution in [0, 0.1) is 0 Å². The Morgan fingerprint density at radius 3 is 2.33 bits per heavy atom. The average molecular weight is 352 g/mol. The summed E-state index contributed by atoms with van der Waals surface area (Å²) in [6.07, 6.45) is 19.4. The molecule has 0 saturated carbocycles. The number of nitrogens with one attached hydrogen (secondary N) is 2. The maximum Gasteiger partial charge on any atom is 0.0799 e. The van der Waals surface area contributed by atoms with E-state index in [0.29, 0.717) is 0 Å². The van der Waals surface area contributed by atoms with Crippen LogP contribution in [0.4, 0.5) is 0 Å². The van der Waals surface area contributed by atoms with Gasteiger partial charge in [0.05, 0.1) is 28.4 Å². The third-order valence-corrected chi connectivity index (χ3v) is 5.15. The first kappa shape index (κ1) is 15.8. The fourth-order valence-electron chi connectivity index (χ4n) is 3.80. The molecule has 1 aromatic heterocycles. The molecule has 4 heteroatoms. The van der Waals surface area contributed by atoms with Crippen LogP contribution in [0.25, 0.3) is 12.2 Å². The number of allylic oxidation sites excluding steroid dienone is 5. The van der Waals surface area contributed by atoms with Crippen LogP contribution >= 0.6 is 0 Å². The molecular weight excluding hydrogens is 332 g/mol. The van der Waals surface area contributed by atoms with Crippen molar-refractivity contribution in [2.24, 2.45) is 9.98 Å². The molecule has 0 radical (unpaired) electrons. The number of aromatic nitrogens is 1. The SMILES string of the molecule is C=CC12C=C3C=CC(=N3)C=c3ccc([nH]3)=CC3=NC(=CC(=C(C)C1)N2)C=C3. The molecule has 0 aromatic carbocycles. The molecule has 8 bridgehead atoms. The molecule has 1 aromatic rings. The van der Waals surface area contributed by atoms with Crippen LogP contribution in [0.3, 0.4) is 0 Å². The highest BCUT2D eigenvalue weighted by atomic mass is 15.0. The monoisotopic (exact) mass is 352 g/mol. The largest absolute Gasteiger partial charge is 0.372 e. The van der Waals surface area contributed by atoms with Gasteiger partial charge in [-0.3, -0.25) is 0 Å². The minimum Gasteiger partial charge on any atom is -0.372 e. The van der Waals surface area contributed by atoms with Gasteiger partial charge in [0.1, 0.15) is 0 Å². The van der Waals surface area contributed by atoms with E-state index in [-0.39, 0.29) is 5.54 Å². The summed E-state index contributed by atoms with van der Waals surface area (Å²) in [4.78, 5) is 12.9.